The van der Waals surface area contributed by atoms with Crippen LogP contribution in [0.2, 0.25) is 0 Å². The van der Waals surface area contributed by atoms with E-state index in [9.17, 15) is 5.11 Å². The quantitative estimate of drug-likeness (QED) is 0.749. The summed E-state index contributed by atoms with van der Waals surface area (Å²) < 4.78 is 4.88. The number of fused-ring (bicyclic) bond motifs is 1. The van der Waals surface area contributed by atoms with Crippen LogP contribution in [0.15, 0.2) is 36.6 Å². The average Bonchev–Trinajstić information content (AvgIpc) is 2.27. The topological polar surface area (TPSA) is 29.5 Å². The van der Waals surface area contributed by atoms with Gasteiger partial charge in [-0.25, -0.2) is 0 Å². The number of ether oxygens (including phenoxy) is 1. The molecule has 1 N–H and O–H groups in total. The molecule has 80 valence electrons. The van der Waals surface area contributed by atoms with Gasteiger partial charge in [0.2, 0.25) is 0 Å². The van der Waals surface area contributed by atoms with Gasteiger partial charge in [0.25, 0.3) is 0 Å². The van der Waals surface area contributed by atoms with Gasteiger partial charge < -0.3 is 9.84 Å². The average molecular weight is 204 g/mol. The summed E-state index contributed by atoms with van der Waals surface area (Å²) in [5.41, 5.74) is 1.42. The van der Waals surface area contributed by atoms with E-state index in [2.05, 4.69) is 6.07 Å². The van der Waals surface area contributed by atoms with Gasteiger partial charge in [0.1, 0.15) is 5.60 Å². The maximum Gasteiger partial charge on any atom is 0.111 e. The molecule has 0 amide bonds. The van der Waals surface area contributed by atoms with E-state index in [0.29, 0.717) is 0 Å². The van der Waals surface area contributed by atoms with E-state index in [1.165, 1.54) is 5.56 Å². The first-order valence-electron chi connectivity index (χ1n) is 5.27. The lowest BCUT2D eigenvalue weighted by Gasteiger charge is -2.31. The molecule has 2 nitrogen and oxygen atoms in total. The molecule has 0 aliphatic heterocycles. The molecule has 0 aromatic heterocycles. The van der Waals surface area contributed by atoms with Crippen LogP contribution in [-0.2, 0) is 16.8 Å². The molecular formula is C13H16O2. The van der Waals surface area contributed by atoms with Crippen molar-refractivity contribution in [1.82, 2.24) is 0 Å². The Morgan fingerprint density at radius 3 is 3.00 bits per heavy atom. The largest absolute Gasteiger partial charge is 0.505 e. The van der Waals surface area contributed by atoms with Crippen LogP contribution in [0, 0.1) is 0 Å². The Labute approximate surface area is 90.2 Å². The second-order valence-electron chi connectivity index (χ2n) is 3.97. The molecule has 0 heterocycles. The van der Waals surface area contributed by atoms with Crippen LogP contribution in [0.25, 0.3) is 0 Å². The fourth-order valence-electron chi connectivity index (χ4n) is 2.20. The summed E-state index contributed by atoms with van der Waals surface area (Å²) in [7, 11) is 1.59. The molecule has 1 unspecified atom stereocenters. The third kappa shape index (κ3) is 1.90. The SMILES string of the molecule is COC=CC1(O)CCCc2ccccc21. The molecule has 1 aromatic carbocycles. The second kappa shape index (κ2) is 4.07. The molecule has 1 aliphatic carbocycles. The number of hydrogen-bond acceptors (Lipinski definition) is 2. The highest BCUT2D eigenvalue weighted by atomic mass is 16.5. The smallest absolute Gasteiger partial charge is 0.111 e. The van der Waals surface area contributed by atoms with Crippen LogP contribution in [0.3, 0.4) is 0 Å². The summed E-state index contributed by atoms with van der Waals surface area (Å²) >= 11 is 0. The van der Waals surface area contributed by atoms with Gasteiger partial charge in [-0.2, -0.15) is 0 Å². The summed E-state index contributed by atoms with van der Waals surface area (Å²) in [5.74, 6) is 0. The maximum atomic E-state index is 10.5. The number of rotatable bonds is 2. The van der Waals surface area contributed by atoms with Crippen molar-refractivity contribution in [1.29, 1.82) is 0 Å². The Morgan fingerprint density at radius 1 is 1.40 bits per heavy atom. The highest BCUT2D eigenvalue weighted by Crippen LogP contribution is 2.36. The third-order valence-corrected chi connectivity index (χ3v) is 2.97. The molecule has 1 aromatic rings. The lowest BCUT2D eigenvalue weighted by atomic mass is 9.79. The third-order valence-electron chi connectivity index (χ3n) is 2.97. The van der Waals surface area contributed by atoms with E-state index in [4.69, 9.17) is 4.74 Å². The molecule has 1 atom stereocenters. The molecule has 2 rings (SSSR count). The zero-order valence-electron chi connectivity index (χ0n) is 8.94. The van der Waals surface area contributed by atoms with Gasteiger partial charge in [-0.15, -0.1) is 0 Å². The van der Waals surface area contributed by atoms with Crippen LogP contribution in [0.4, 0.5) is 0 Å². The number of hydrogen-bond donors (Lipinski definition) is 1. The first-order valence-corrected chi connectivity index (χ1v) is 5.27. The van der Waals surface area contributed by atoms with Crippen LogP contribution < -0.4 is 0 Å². The van der Waals surface area contributed by atoms with Crippen LogP contribution >= 0.6 is 0 Å². The summed E-state index contributed by atoms with van der Waals surface area (Å²) in [4.78, 5) is 0. The molecular weight excluding hydrogens is 188 g/mol. The minimum atomic E-state index is -0.842. The normalized spacial score (nSPS) is 25.2. The predicted molar refractivity (Wildman–Crippen MR) is 59.4 cm³/mol. The summed E-state index contributed by atoms with van der Waals surface area (Å²) in [5, 5.41) is 10.5. The zero-order valence-corrected chi connectivity index (χ0v) is 8.94. The summed E-state index contributed by atoms with van der Waals surface area (Å²) in [6.07, 6.45) is 6.14. The van der Waals surface area contributed by atoms with Gasteiger partial charge in [0.15, 0.2) is 0 Å². The standard InChI is InChI=1S/C13H16O2/c1-15-10-9-13(14)8-4-6-11-5-2-3-7-12(11)13/h2-3,5,7,9-10,14H,4,6,8H2,1H3. The summed E-state index contributed by atoms with van der Waals surface area (Å²) in [6, 6.07) is 8.06. The van der Waals surface area contributed by atoms with E-state index in [1.54, 1.807) is 19.4 Å². The molecule has 0 bridgehead atoms. The minimum absolute atomic E-state index is 0.768. The molecule has 0 fully saturated rings. The van der Waals surface area contributed by atoms with Crippen molar-refractivity contribution in [3.05, 3.63) is 47.7 Å². The molecule has 1 aliphatic rings. The first-order chi connectivity index (χ1) is 7.26. The van der Waals surface area contributed by atoms with Crippen molar-refractivity contribution < 1.29 is 9.84 Å². The van der Waals surface area contributed by atoms with E-state index < -0.39 is 5.60 Å². The molecule has 0 saturated carbocycles. The van der Waals surface area contributed by atoms with Gasteiger partial charge in [0.05, 0.1) is 13.4 Å². The fourth-order valence-corrected chi connectivity index (χ4v) is 2.20. The van der Waals surface area contributed by atoms with Gasteiger partial charge >= 0.3 is 0 Å². The minimum Gasteiger partial charge on any atom is -0.505 e. The number of aliphatic hydroxyl groups is 1. The lowest BCUT2D eigenvalue weighted by Crippen LogP contribution is -2.28. The molecule has 0 radical (unpaired) electrons. The van der Waals surface area contributed by atoms with Gasteiger partial charge in [-0.05, 0) is 36.5 Å². The van der Waals surface area contributed by atoms with Crippen molar-refractivity contribution in [2.24, 2.45) is 0 Å². The molecule has 0 saturated heterocycles. The van der Waals surface area contributed by atoms with Crippen molar-refractivity contribution in [3.8, 4) is 0 Å². The van der Waals surface area contributed by atoms with Crippen molar-refractivity contribution >= 4 is 0 Å². The Morgan fingerprint density at radius 2 is 2.20 bits per heavy atom. The van der Waals surface area contributed by atoms with Crippen LogP contribution in [0.1, 0.15) is 24.0 Å². The first kappa shape index (κ1) is 10.2. The predicted octanol–water partition coefficient (Wildman–Crippen LogP) is 2.37. The molecule has 0 spiro atoms. The Bertz CT molecular complexity index is 371. The molecule has 2 heteroatoms. The molecule has 15 heavy (non-hydrogen) atoms. The van der Waals surface area contributed by atoms with Gasteiger partial charge in [-0.3, -0.25) is 0 Å². The van der Waals surface area contributed by atoms with E-state index >= 15 is 0 Å². The second-order valence-corrected chi connectivity index (χ2v) is 3.97. The highest BCUT2D eigenvalue weighted by molar-refractivity contribution is 5.37. The van der Waals surface area contributed by atoms with E-state index in [-0.39, 0.29) is 0 Å². The Balaban J connectivity index is 2.40. The zero-order chi connectivity index (χ0) is 10.7. The van der Waals surface area contributed by atoms with Crippen LogP contribution in [-0.4, -0.2) is 12.2 Å². The van der Waals surface area contributed by atoms with E-state index in [0.717, 1.165) is 24.8 Å². The van der Waals surface area contributed by atoms with Crippen LogP contribution in [0.5, 0.6) is 0 Å². The maximum absolute atomic E-state index is 10.5. The summed E-state index contributed by atoms with van der Waals surface area (Å²) in [6.45, 7) is 0. The Kier molecular flexibility index (Phi) is 2.78. The monoisotopic (exact) mass is 204 g/mol. The number of aryl methyl sites for hydroxylation is 1. The van der Waals surface area contributed by atoms with Gasteiger partial charge in [0, 0.05) is 0 Å². The number of methoxy groups -OCH3 is 1. The van der Waals surface area contributed by atoms with Crippen molar-refractivity contribution in [2.45, 2.75) is 24.9 Å². The van der Waals surface area contributed by atoms with Crippen molar-refractivity contribution in [3.63, 3.8) is 0 Å². The number of benzene rings is 1. The highest BCUT2D eigenvalue weighted by Gasteiger charge is 2.31. The Hall–Kier alpha value is -1.28. The fraction of sp³-hybridized carbons (Fsp3) is 0.385. The van der Waals surface area contributed by atoms with E-state index in [1.807, 2.05) is 18.2 Å². The lowest BCUT2D eigenvalue weighted by molar-refractivity contribution is 0.0671. The van der Waals surface area contributed by atoms with Gasteiger partial charge in [-0.1, -0.05) is 24.3 Å². The van der Waals surface area contributed by atoms with Crippen molar-refractivity contribution in [2.75, 3.05) is 7.11 Å².